The van der Waals surface area contributed by atoms with E-state index >= 15 is 8.78 Å². The number of aliphatic hydroxyl groups is 2. The Morgan fingerprint density at radius 2 is 1.87 bits per heavy atom. The van der Waals surface area contributed by atoms with Gasteiger partial charge in [0.25, 0.3) is 0 Å². The van der Waals surface area contributed by atoms with Gasteiger partial charge < -0.3 is 19.8 Å². The van der Waals surface area contributed by atoms with Gasteiger partial charge in [0.1, 0.15) is 12.8 Å². The second kappa shape index (κ2) is 12.8. The number of hydrogen-bond acceptors (Lipinski definition) is 7. The smallest absolute Gasteiger partial charge is 0.307 e. The quantitative estimate of drug-likeness (QED) is 0.346. The Kier molecular flexibility index (Phi) is 9.56. The fourth-order valence-electron chi connectivity index (χ4n) is 9.76. The third kappa shape index (κ3) is 5.63. The first-order chi connectivity index (χ1) is 21.3. The number of ketones is 2. The highest BCUT2D eigenvalue weighted by Gasteiger charge is 2.73. The first-order valence-electron chi connectivity index (χ1n) is 16.3. The molecule has 3 fully saturated rings. The first-order valence-corrected chi connectivity index (χ1v) is 16.3. The Bertz CT molecular complexity index is 1350. The van der Waals surface area contributed by atoms with Crippen LogP contribution < -0.4 is 0 Å². The van der Waals surface area contributed by atoms with Gasteiger partial charge in [0, 0.05) is 23.3 Å². The minimum Gasteiger partial charge on any atom is -0.466 e. The van der Waals surface area contributed by atoms with E-state index in [2.05, 4.69) is 17.0 Å². The lowest BCUT2D eigenvalue weighted by molar-refractivity contribution is -0.202. The number of carbonyl (C=O) groups excluding carboxylic acids is 3. The molecular formula is C36H47F2NO6. The Hall–Kier alpha value is -2.75. The third-order valence-corrected chi connectivity index (χ3v) is 11.8. The summed E-state index contributed by atoms with van der Waals surface area (Å²) in [6.07, 6.45) is 2.35. The molecule has 0 aliphatic heterocycles. The molecule has 0 spiro atoms. The summed E-state index contributed by atoms with van der Waals surface area (Å²) in [6.45, 7) is 5.24. The maximum Gasteiger partial charge on any atom is 0.307 e. The highest BCUT2D eigenvalue weighted by molar-refractivity contribution is 6.01. The normalized spacial score (nSPS) is 37.8. The van der Waals surface area contributed by atoms with Gasteiger partial charge in [-0.1, -0.05) is 43.3 Å². The number of halogens is 2. The molecule has 3 saturated carbocycles. The summed E-state index contributed by atoms with van der Waals surface area (Å²) in [7, 11) is 1.91. The van der Waals surface area contributed by atoms with Crippen LogP contribution in [-0.2, 0) is 25.5 Å². The van der Waals surface area contributed by atoms with E-state index in [1.165, 1.54) is 17.7 Å². The number of aryl methyl sites for hydroxylation is 1. The lowest BCUT2D eigenvalue weighted by Gasteiger charge is -2.62. The lowest BCUT2D eigenvalue weighted by Crippen LogP contribution is -2.68. The standard InChI is InChI=1S/C36H47F2NO6/c1-5-45-32(44)19-29(39(4)15-9-12-22-10-7-6-8-11-22)24-17-25-26-18-28(37)27-16-23(41)13-14-35(27,3)36(26,38)31(43)20-34(25,2)33(24)30(42)21-40/h6-8,10-11,13-14,16,24-26,28-29,31,33,40,43H,5,9,12,15,17-21H2,1-4H3/t24-,25?,26-,28-,29?,31-,33?,34-,35-,36-/m0/s1. The van der Waals surface area contributed by atoms with Gasteiger partial charge in [-0.2, -0.15) is 0 Å². The molecule has 0 saturated heterocycles. The first kappa shape index (κ1) is 33.6. The van der Waals surface area contributed by atoms with E-state index < -0.39 is 82.6 Å². The summed E-state index contributed by atoms with van der Waals surface area (Å²) in [5, 5.41) is 21.9. The van der Waals surface area contributed by atoms with Gasteiger partial charge >= 0.3 is 5.97 Å². The van der Waals surface area contributed by atoms with Crippen molar-refractivity contribution in [3.63, 3.8) is 0 Å². The summed E-state index contributed by atoms with van der Waals surface area (Å²) in [5.74, 6) is -3.95. The number of ether oxygens (including phenoxy) is 1. The molecule has 1 aromatic rings. The number of benzene rings is 1. The van der Waals surface area contributed by atoms with Crippen molar-refractivity contribution < 1.29 is 38.1 Å². The van der Waals surface area contributed by atoms with E-state index in [0.717, 1.165) is 18.9 Å². The van der Waals surface area contributed by atoms with Crippen LogP contribution >= 0.6 is 0 Å². The topological polar surface area (TPSA) is 104 Å². The van der Waals surface area contributed by atoms with E-state index in [-0.39, 0.29) is 31.4 Å². The molecule has 45 heavy (non-hydrogen) atoms. The Balaban J connectivity index is 1.51. The number of esters is 1. The molecule has 0 bridgehead atoms. The van der Waals surface area contributed by atoms with Crippen molar-refractivity contribution in [2.45, 2.75) is 83.3 Å². The van der Waals surface area contributed by atoms with E-state index in [1.54, 1.807) is 13.8 Å². The van der Waals surface area contributed by atoms with Crippen molar-refractivity contribution in [2.24, 2.45) is 34.5 Å². The highest BCUT2D eigenvalue weighted by Crippen LogP contribution is 2.70. The number of nitrogens with zero attached hydrogens (tertiary/aromatic N) is 1. The van der Waals surface area contributed by atoms with Gasteiger partial charge in [-0.05, 0) is 100 Å². The molecule has 4 aliphatic carbocycles. The van der Waals surface area contributed by atoms with Crippen LogP contribution in [0.5, 0.6) is 0 Å². The average Bonchev–Trinajstić information content (AvgIpc) is 3.30. The van der Waals surface area contributed by atoms with Crippen LogP contribution in [0.2, 0.25) is 0 Å². The van der Waals surface area contributed by atoms with Crippen LogP contribution in [-0.4, -0.2) is 83.4 Å². The Morgan fingerprint density at radius 3 is 2.53 bits per heavy atom. The van der Waals surface area contributed by atoms with Crippen LogP contribution in [0.1, 0.15) is 58.4 Å². The predicted octanol–water partition coefficient (Wildman–Crippen LogP) is 4.60. The number of hydrogen-bond donors (Lipinski definition) is 2. The number of alkyl halides is 2. The summed E-state index contributed by atoms with van der Waals surface area (Å²) in [5.41, 5.74) is -3.52. The minimum absolute atomic E-state index is 0.00747. The molecule has 1 aromatic carbocycles. The molecular weight excluding hydrogens is 580 g/mol. The number of fused-ring (bicyclic) bond motifs is 5. The zero-order chi connectivity index (χ0) is 32.7. The van der Waals surface area contributed by atoms with Crippen molar-refractivity contribution >= 4 is 17.5 Å². The maximum absolute atomic E-state index is 17.7. The second-order valence-corrected chi connectivity index (χ2v) is 14.1. The highest BCUT2D eigenvalue weighted by atomic mass is 19.1. The number of allylic oxidation sites excluding steroid dienone is 4. The number of carbonyl (C=O) groups is 3. The van der Waals surface area contributed by atoms with Crippen LogP contribution in [0.4, 0.5) is 8.78 Å². The van der Waals surface area contributed by atoms with Gasteiger partial charge in [0.2, 0.25) is 0 Å². The van der Waals surface area contributed by atoms with Gasteiger partial charge in [-0.3, -0.25) is 14.4 Å². The second-order valence-electron chi connectivity index (χ2n) is 14.1. The van der Waals surface area contributed by atoms with Gasteiger partial charge in [0.15, 0.2) is 17.2 Å². The van der Waals surface area contributed by atoms with E-state index in [0.29, 0.717) is 13.0 Å². The molecule has 0 amide bonds. The third-order valence-electron chi connectivity index (χ3n) is 11.8. The Labute approximate surface area is 264 Å². The zero-order valence-electron chi connectivity index (χ0n) is 26.8. The Morgan fingerprint density at radius 1 is 1.16 bits per heavy atom. The molecule has 3 unspecified atom stereocenters. The molecule has 4 aliphatic rings. The minimum atomic E-state index is -2.28. The number of aliphatic hydroxyl groups excluding tert-OH is 2. The molecule has 0 heterocycles. The summed E-state index contributed by atoms with van der Waals surface area (Å²) in [6, 6.07) is 9.60. The van der Waals surface area contributed by atoms with Crippen LogP contribution in [0.3, 0.4) is 0 Å². The summed E-state index contributed by atoms with van der Waals surface area (Å²) in [4.78, 5) is 40.9. The van der Waals surface area contributed by atoms with Crippen molar-refractivity contribution in [2.75, 3.05) is 26.8 Å². The van der Waals surface area contributed by atoms with Crippen molar-refractivity contribution in [1.29, 1.82) is 0 Å². The molecule has 2 N–H and O–H groups in total. The van der Waals surface area contributed by atoms with Crippen LogP contribution in [0.25, 0.3) is 0 Å². The summed E-state index contributed by atoms with van der Waals surface area (Å²) >= 11 is 0. The molecule has 7 nitrogen and oxygen atoms in total. The SMILES string of the molecule is CCOC(=O)CC([C@@H]1CC2[C@@H]3C[C@H](F)C4=CC(=O)C=C[C@]4(C)[C@@]3(F)[C@@H](O)C[C@]2(C)C1C(=O)CO)N(C)CCCc1ccccc1. The van der Waals surface area contributed by atoms with E-state index in [4.69, 9.17) is 4.74 Å². The number of Topliss-reactive ketones (excluding diaryl/α,β-unsaturated/α-hetero) is 1. The van der Waals surface area contributed by atoms with Gasteiger partial charge in [-0.15, -0.1) is 0 Å². The van der Waals surface area contributed by atoms with E-state index in [1.807, 2.05) is 32.2 Å². The summed E-state index contributed by atoms with van der Waals surface area (Å²) < 4.78 is 39.0. The number of rotatable bonds is 11. The maximum atomic E-state index is 17.7. The predicted molar refractivity (Wildman–Crippen MR) is 166 cm³/mol. The molecule has 0 aromatic heterocycles. The molecule has 10 atom stereocenters. The van der Waals surface area contributed by atoms with Gasteiger partial charge in [0.05, 0.1) is 19.1 Å². The lowest BCUT2D eigenvalue weighted by atomic mass is 9.45. The average molecular weight is 628 g/mol. The zero-order valence-corrected chi connectivity index (χ0v) is 26.8. The molecule has 246 valence electrons. The monoisotopic (exact) mass is 627 g/mol. The van der Waals surface area contributed by atoms with Crippen LogP contribution in [0, 0.1) is 34.5 Å². The van der Waals surface area contributed by atoms with Gasteiger partial charge in [-0.25, -0.2) is 8.78 Å². The van der Waals surface area contributed by atoms with Crippen molar-refractivity contribution in [3.05, 3.63) is 59.7 Å². The van der Waals surface area contributed by atoms with Crippen molar-refractivity contribution in [3.8, 4) is 0 Å². The fraction of sp³-hybridized carbons (Fsp3) is 0.639. The largest absolute Gasteiger partial charge is 0.466 e. The fourth-order valence-corrected chi connectivity index (χ4v) is 9.76. The van der Waals surface area contributed by atoms with Crippen molar-refractivity contribution in [1.82, 2.24) is 4.90 Å². The molecule has 5 rings (SSSR count). The van der Waals surface area contributed by atoms with Crippen LogP contribution in [0.15, 0.2) is 54.1 Å². The van der Waals surface area contributed by atoms with E-state index in [9.17, 15) is 24.6 Å². The molecule has 9 heteroatoms. The molecule has 0 radical (unpaired) electrons.